The van der Waals surface area contributed by atoms with E-state index in [2.05, 4.69) is 65.9 Å². The Hall–Kier alpha value is -0.340. The predicted molar refractivity (Wildman–Crippen MR) is 79.8 cm³/mol. The topological polar surface area (TPSA) is 3.24 Å². The van der Waals surface area contributed by atoms with Crippen molar-refractivity contribution in [2.24, 2.45) is 0 Å². The van der Waals surface area contributed by atoms with E-state index in [0.717, 1.165) is 18.4 Å². The van der Waals surface area contributed by atoms with Crippen molar-refractivity contribution in [3.05, 3.63) is 35.4 Å². The van der Waals surface area contributed by atoms with Gasteiger partial charge in [-0.15, -0.1) is 0 Å². The first-order valence-electron chi connectivity index (χ1n) is 6.57. The molecule has 96 valence electrons. The van der Waals surface area contributed by atoms with E-state index in [4.69, 9.17) is 0 Å². The van der Waals surface area contributed by atoms with Crippen LogP contribution in [0.25, 0.3) is 0 Å². The Morgan fingerprint density at radius 2 is 1.82 bits per heavy atom. The molecular weight excluding hydrogens is 274 g/mol. The van der Waals surface area contributed by atoms with Crippen molar-refractivity contribution in [2.45, 2.75) is 46.2 Å². The quantitative estimate of drug-likeness (QED) is 0.675. The first-order valence-corrected chi connectivity index (χ1v) is 7.69. The number of nitrogens with zero attached hydrogens (tertiary/aromatic N) is 1. The van der Waals surface area contributed by atoms with Gasteiger partial charge in [0.05, 0.1) is 0 Å². The molecule has 0 atom stereocenters. The van der Waals surface area contributed by atoms with Crippen LogP contribution >= 0.6 is 15.9 Å². The summed E-state index contributed by atoms with van der Waals surface area (Å²) in [6.07, 6.45) is 2.46. The third-order valence-electron chi connectivity index (χ3n) is 3.47. The molecule has 1 rings (SSSR count). The summed E-state index contributed by atoms with van der Waals surface area (Å²) in [5.74, 6) is 0. The summed E-state index contributed by atoms with van der Waals surface area (Å²) >= 11 is 3.57. The van der Waals surface area contributed by atoms with Crippen LogP contribution in [0.1, 0.15) is 37.8 Å². The lowest BCUT2D eigenvalue weighted by Gasteiger charge is -2.30. The van der Waals surface area contributed by atoms with Crippen molar-refractivity contribution in [3.8, 4) is 0 Å². The lowest BCUT2D eigenvalue weighted by Crippen LogP contribution is -2.35. The van der Waals surface area contributed by atoms with E-state index in [9.17, 15) is 0 Å². The molecule has 0 aliphatic rings. The van der Waals surface area contributed by atoms with Crippen LogP contribution in [0.5, 0.6) is 0 Å². The van der Waals surface area contributed by atoms with Crippen LogP contribution < -0.4 is 0 Å². The molecule has 0 amide bonds. The number of aryl methyl sites for hydroxylation is 1. The van der Waals surface area contributed by atoms with E-state index in [1.54, 1.807) is 0 Å². The van der Waals surface area contributed by atoms with Gasteiger partial charge in [0.25, 0.3) is 0 Å². The predicted octanol–water partition coefficient (Wildman–Crippen LogP) is 4.38. The Bertz CT molecular complexity index is 320. The second-order valence-electron chi connectivity index (χ2n) is 4.56. The average molecular weight is 298 g/mol. The van der Waals surface area contributed by atoms with Crippen LogP contribution in [0.2, 0.25) is 0 Å². The van der Waals surface area contributed by atoms with Gasteiger partial charge in [-0.2, -0.15) is 0 Å². The number of benzene rings is 1. The third kappa shape index (κ3) is 4.44. The van der Waals surface area contributed by atoms with Crippen molar-refractivity contribution in [3.63, 3.8) is 0 Å². The molecule has 0 fully saturated rings. The molecule has 0 aliphatic heterocycles. The third-order valence-corrected chi connectivity index (χ3v) is 3.82. The molecule has 0 N–H and O–H groups in total. The van der Waals surface area contributed by atoms with E-state index in [0.29, 0.717) is 6.04 Å². The summed E-state index contributed by atoms with van der Waals surface area (Å²) in [7, 11) is 0. The van der Waals surface area contributed by atoms with Crippen LogP contribution in [0.15, 0.2) is 24.3 Å². The molecule has 0 heterocycles. The number of alkyl halides is 1. The smallest absolute Gasteiger partial charge is 0.0239 e. The molecule has 1 nitrogen and oxygen atoms in total. The molecule has 1 aromatic rings. The van der Waals surface area contributed by atoms with Crippen LogP contribution in [0.3, 0.4) is 0 Å². The number of rotatable bonds is 7. The maximum Gasteiger partial charge on any atom is 0.0239 e. The van der Waals surface area contributed by atoms with Crippen molar-refractivity contribution < 1.29 is 0 Å². The highest BCUT2D eigenvalue weighted by Gasteiger charge is 2.15. The monoisotopic (exact) mass is 297 g/mol. The van der Waals surface area contributed by atoms with Gasteiger partial charge in [-0.1, -0.05) is 54.0 Å². The molecule has 17 heavy (non-hydrogen) atoms. The highest BCUT2D eigenvalue weighted by atomic mass is 79.9. The molecule has 0 aromatic heterocycles. The van der Waals surface area contributed by atoms with Crippen molar-refractivity contribution >= 4 is 15.9 Å². The zero-order chi connectivity index (χ0) is 12.7. The highest BCUT2D eigenvalue weighted by Crippen LogP contribution is 2.16. The molecule has 1 aromatic carbocycles. The summed E-state index contributed by atoms with van der Waals surface area (Å²) in [4.78, 5) is 2.59. The van der Waals surface area contributed by atoms with E-state index >= 15 is 0 Å². The summed E-state index contributed by atoms with van der Waals surface area (Å²) < 4.78 is 0. The minimum absolute atomic E-state index is 0.701. The molecule has 0 aliphatic carbocycles. The fourth-order valence-electron chi connectivity index (χ4n) is 2.31. The van der Waals surface area contributed by atoms with Gasteiger partial charge >= 0.3 is 0 Å². The van der Waals surface area contributed by atoms with Crippen LogP contribution in [-0.4, -0.2) is 22.8 Å². The normalized spacial score (nSPS) is 11.4. The van der Waals surface area contributed by atoms with Crippen molar-refractivity contribution in [1.82, 2.24) is 4.90 Å². The summed E-state index contributed by atoms with van der Waals surface area (Å²) in [6.45, 7) is 8.97. The standard InChI is InChI=1S/C15H24BrN/c1-4-15(5-2)17(11-10-16)12-14-9-7-6-8-13(14)3/h6-9,15H,4-5,10-12H2,1-3H3. The van der Waals surface area contributed by atoms with E-state index in [1.165, 1.54) is 24.0 Å². The second-order valence-corrected chi connectivity index (χ2v) is 5.35. The molecule has 0 spiro atoms. The second kappa shape index (κ2) is 7.88. The zero-order valence-electron chi connectivity index (χ0n) is 11.2. The largest absolute Gasteiger partial charge is 0.295 e. The van der Waals surface area contributed by atoms with Crippen LogP contribution in [0, 0.1) is 6.92 Å². The van der Waals surface area contributed by atoms with Crippen molar-refractivity contribution in [1.29, 1.82) is 0 Å². The average Bonchev–Trinajstić information content (AvgIpc) is 2.34. The fourth-order valence-corrected chi connectivity index (χ4v) is 2.77. The summed E-state index contributed by atoms with van der Waals surface area (Å²) in [5, 5.41) is 1.05. The van der Waals surface area contributed by atoms with Gasteiger partial charge in [0.1, 0.15) is 0 Å². The van der Waals surface area contributed by atoms with Crippen molar-refractivity contribution in [2.75, 3.05) is 11.9 Å². The fraction of sp³-hybridized carbons (Fsp3) is 0.600. The van der Waals surface area contributed by atoms with Gasteiger partial charge in [0.15, 0.2) is 0 Å². The number of hydrogen-bond donors (Lipinski definition) is 0. The minimum Gasteiger partial charge on any atom is -0.295 e. The molecule has 0 bridgehead atoms. The Morgan fingerprint density at radius 1 is 1.18 bits per heavy atom. The first-order chi connectivity index (χ1) is 8.22. The van der Waals surface area contributed by atoms with Crippen LogP contribution in [0.4, 0.5) is 0 Å². The maximum absolute atomic E-state index is 3.57. The lowest BCUT2D eigenvalue weighted by molar-refractivity contribution is 0.189. The zero-order valence-corrected chi connectivity index (χ0v) is 12.8. The maximum atomic E-state index is 3.57. The Kier molecular flexibility index (Phi) is 6.83. The molecule has 0 saturated heterocycles. The number of hydrogen-bond acceptors (Lipinski definition) is 1. The van der Waals surface area contributed by atoms with Gasteiger partial charge in [-0.25, -0.2) is 0 Å². The van der Waals surface area contributed by atoms with E-state index in [1.807, 2.05) is 0 Å². The minimum atomic E-state index is 0.701. The van der Waals surface area contributed by atoms with Crippen LogP contribution in [-0.2, 0) is 6.54 Å². The molecule has 0 radical (unpaired) electrons. The molecule has 0 saturated carbocycles. The van der Waals surface area contributed by atoms with E-state index < -0.39 is 0 Å². The van der Waals surface area contributed by atoms with Gasteiger partial charge in [0.2, 0.25) is 0 Å². The summed E-state index contributed by atoms with van der Waals surface area (Å²) in [6, 6.07) is 9.41. The summed E-state index contributed by atoms with van der Waals surface area (Å²) in [5.41, 5.74) is 2.86. The number of halogens is 1. The van der Waals surface area contributed by atoms with Gasteiger partial charge in [-0.3, -0.25) is 4.90 Å². The molecule has 2 heteroatoms. The van der Waals surface area contributed by atoms with Gasteiger partial charge in [0, 0.05) is 24.5 Å². The van der Waals surface area contributed by atoms with E-state index in [-0.39, 0.29) is 0 Å². The lowest BCUT2D eigenvalue weighted by atomic mass is 10.1. The Morgan fingerprint density at radius 3 is 2.35 bits per heavy atom. The first kappa shape index (κ1) is 14.7. The molecule has 0 unspecified atom stereocenters. The SMILES string of the molecule is CCC(CC)N(CCBr)Cc1ccccc1C. The van der Waals surface area contributed by atoms with Gasteiger partial charge in [-0.05, 0) is 30.9 Å². The Labute approximate surface area is 114 Å². The van der Waals surface area contributed by atoms with Gasteiger partial charge < -0.3 is 0 Å². The highest BCUT2D eigenvalue weighted by molar-refractivity contribution is 9.09. The molecular formula is C15H24BrN. The Balaban J connectivity index is 2.75.